The molecule has 122 valence electrons. The van der Waals surface area contributed by atoms with E-state index in [1.807, 2.05) is 0 Å². The van der Waals surface area contributed by atoms with E-state index in [4.69, 9.17) is 19.7 Å². The molecule has 0 aromatic rings. The number of hydrogen-bond donors (Lipinski definition) is 2. The number of carbonyl (C=O) groups excluding carboxylic acids is 2. The van der Waals surface area contributed by atoms with E-state index in [1.54, 1.807) is 0 Å². The Morgan fingerprint density at radius 3 is 1.95 bits per heavy atom. The van der Waals surface area contributed by atoms with Gasteiger partial charge in [-0.05, 0) is 27.7 Å². The van der Waals surface area contributed by atoms with Crippen molar-refractivity contribution in [1.29, 1.82) is 0 Å². The van der Waals surface area contributed by atoms with Crippen molar-refractivity contribution in [2.24, 2.45) is 0 Å². The Bertz CT molecular complexity index is 358. The third kappa shape index (κ3) is 10.0. The largest absolute Gasteiger partial charge is 0.461 e. The van der Waals surface area contributed by atoms with Gasteiger partial charge in [0.15, 0.2) is 11.2 Å². The molecule has 1 saturated heterocycles. The standard InChI is InChI=1S/C7H12O4.C7H12O3/c1-7(2,9)6(8)11-4-5-3-10-5;1-4-5-10-6(8)7(2,3)9/h5,9H,3-4H2,1-2H3;4,9H,1,5H2,2-3H3. The van der Waals surface area contributed by atoms with Crippen LogP contribution in [0.1, 0.15) is 27.7 Å². The number of carbonyl (C=O) groups is 2. The fourth-order valence-corrected chi connectivity index (χ4v) is 0.821. The Morgan fingerprint density at radius 2 is 1.62 bits per heavy atom. The second-order valence-corrected chi connectivity index (χ2v) is 5.56. The Labute approximate surface area is 124 Å². The molecule has 1 heterocycles. The Balaban J connectivity index is 0.000000384. The summed E-state index contributed by atoms with van der Waals surface area (Å²) < 4.78 is 14.1. The second-order valence-electron chi connectivity index (χ2n) is 5.56. The number of epoxide rings is 1. The topological polar surface area (TPSA) is 106 Å². The minimum Gasteiger partial charge on any atom is -0.461 e. The van der Waals surface area contributed by atoms with E-state index in [0.717, 1.165) is 0 Å². The fourth-order valence-electron chi connectivity index (χ4n) is 0.821. The lowest BCUT2D eigenvalue weighted by molar-refractivity contribution is -0.162. The quantitative estimate of drug-likeness (QED) is 0.410. The molecule has 0 amide bonds. The second kappa shape index (κ2) is 8.11. The molecule has 7 nitrogen and oxygen atoms in total. The average molecular weight is 304 g/mol. The molecule has 1 atom stereocenters. The SMILES string of the molecule is C=CCOC(=O)C(C)(C)O.CC(C)(O)C(=O)OCC1CO1. The molecule has 2 N–H and O–H groups in total. The van der Waals surface area contributed by atoms with Gasteiger partial charge in [-0.2, -0.15) is 0 Å². The van der Waals surface area contributed by atoms with Crippen LogP contribution in [0, 0.1) is 0 Å². The van der Waals surface area contributed by atoms with Gasteiger partial charge in [0.25, 0.3) is 0 Å². The van der Waals surface area contributed by atoms with Crippen LogP contribution in [0.15, 0.2) is 12.7 Å². The number of hydrogen-bond acceptors (Lipinski definition) is 7. The maximum atomic E-state index is 10.9. The molecule has 1 aliphatic heterocycles. The molecule has 0 radical (unpaired) electrons. The highest BCUT2D eigenvalue weighted by Gasteiger charge is 2.30. The Hall–Kier alpha value is -1.44. The van der Waals surface area contributed by atoms with Gasteiger partial charge >= 0.3 is 11.9 Å². The number of esters is 2. The summed E-state index contributed by atoms with van der Waals surface area (Å²) in [6.45, 7) is 9.93. The summed E-state index contributed by atoms with van der Waals surface area (Å²) in [6, 6.07) is 0. The van der Waals surface area contributed by atoms with Gasteiger partial charge < -0.3 is 24.4 Å². The third-order valence-electron chi connectivity index (χ3n) is 2.13. The van der Waals surface area contributed by atoms with Gasteiger partial charge in [-0.25, -0.2) is 9.59 Å². The molecule has 0 aromatic carbocycles. The van der Waals surface area contributed by atoms with Crippen LogP contribution < -0.4 is 0 Å². The minimum absolute atomic E-state index is 0.0568. The molecule has 1 fully saturated rings. The van der Waals surface area contributed by atoms with Crippen LogP contribution in [-0.2, 0) is 23.8 Å². The molecule has 0 aliphatic carbocycles. The lowest BCUT2D eigenvalue weighted by Gasteiger charge is -2.14. The molecular formula is C14H24O7. The summed E-state index contributed by atoms with van der Waals surface area (Å²) in [6.07, 6.45) is 1.50. The highest BCUT2D eigenvalue weighted by Crippen LogP contribution is 2.11. The first kappa shape index (κ1) is 19.6. The first-order valence-corrected chi connectivity index (χ1v) is 6.50. The zero-order chi connectivity index (χ0) is 16.7. The van der Waals surface area contributed by atoms with Crippen molar-refractivity contribution in [2.45, 2.75) is 45.0 Å². The zero-order valence-electron chi connectivity index (χ0n) is 12.9. The smallest absolute Gasteiger partial charge is 0.337 e. The van der Waals surface area contributed by atoms with Crippen LogP contribution in [0.4, 0.5) is 0 Å². The molecule has 0 bridgehead atoms. The van der Waals surface area contributed by atoms with Gasteiger partial charge in [-0.15, -0.1) is 0 Å². The van der Waals surface area contributed by atoms with Crippen molar-refractivity contribution in [2.75, 3.05) is 19.8 Å². The number of rotatable bonds is 6. The lowest BCUT2D eigenvalue weighted by Crippen LogP contribution is -2.33. The predicted molar refractivity (Wildman–Crippen MR) is 74.5 cm³/mol. The van der Waals surface area contributed by atoms with Gasteiger partial charge in [0.05, 0.1) is 6.61 Å². The van der Waals surface area contributed by atoms with Crippen molar-refractivity contribution in [3.8, 4) is 0 Å². The van der Waals surface area contributed by atoms with Crippen LogP contribution in [0.3, 0.4) is 0 Å². The van der Waals surface area contributed by atoms with Crippen molar-refractivity contribution < 1.29 is 34.0 Å². The monoisotopic (exact) mass is 304 g/mol. The minimum atomic E-state index is -1.40. The normalized spacial score (nSPS) is 17.1. The van der Waals surface area contributed by atoms with E-state index in [0.29, 0.717) is 6.61 Å². The van der Waals surface area contributed by atoms with Crippen LogP contribution in [-0.4, -0.2) is 59.3 Å². The highest BCUT2D eigenvalue weighted by molar-refractivity contribution is 5.78. The summed E-state index contributed by atoms with van der Waals surface area (Å²) in [7, 11) is 0. The molecule has 7 heteroatoms. The van der Waals surface area contributed by atoms with Crippen molar-refractivity contribution >= 4 is 11.9 Å². The molecule has 1 rings (SSSR count). The Kier molecular flexibility index (Phi) is 7.56. The molecule has 0 saturated carbocycles. The van der Waals surface area contributed by atoms with Crippen LogP contribution in [0.25, 0.3) is 0 Å². The van der Waals surface area contributed by atoms with E-state index in [1.165, 1.54) is 33.8 Å². The third-order valence-corrected chi connectivity index (χ3v) is 2.13. The first-order valence-electron chi connectivity index (χ1n) is 6.50. The zero-order valence-corrected chi connectivity index (χ0v) is 12.9. The van der Waals surface area contributed by atoms with E-state index < -0.39 is 23.1 Å². The van der Waals surface area contributed by atoms with E-state index in [-0.39, 0.29) is 19.3 Å². The number of ether oxygens (including phenoxy) is 3. The van der Waals surface area contributed by atoms with Crippen LogP contribution in [0.2, 0.25) is 0 Å². The molecule has 21 heavy (non-hydrogen) atoms. The van der Waals surface area contributed by atoms with E-state index in [2.05, 4.69) is 11.3 Å². The molecule has 1 unspecified atom stereocenters. The van der Waals surface area contributed by atoms with Crippen LogP contribution >= 0.6 is 0 Å². The van der Waals surface area contributed by atoms with Gasteiger partial charge in [-0.1, -0.05) is 12.7 Å². The summed E-state index contributed by atoms with van der Waals surface area (Å²) >= 11 is 0. The Morgan fingerprint density at radius 1 is 1.19 bits per heavy atom. The van der Waals surface area contributed by atoms with Gasteiger partial charge in [0, 0.05) is 0 Å². The summed E-state index contributed by atoms with van der Waals surface area (Å²) in [4.78, 5) is 21.6. The molecule has 0 aromatic heterocycles. The predicted octanol–water partition coefficient (Wildman–Crippen LogP) is 0.186. The van der Waals surface area contributed by atoms with E-state index in [9.17, 15) is 9.59 Å². The summed E-state index contributed by atoms with van der Waals surface area (Å²) in [5.41, 5.74) is -2.79. The van der Waals surface area contributed by atoms with Crippen molar-refractivity contribution in [3.05, 3.63) is 12.7 Å². The van der Waals surface area contributed by atoms with Gasteiger partial charge in [0.1, 0.15) is 19.3 Å². The molecule has 1 aliphatic rings. The first-order chi connectivity index (χ1) is 9.48. The highest BCUT2D eigenvalue weighted by atomic mass is 16.6. The van der Waals surface area contributed by atoms with Crippen molar-refractivity contribution in [1.82, 2.24) is 0 Å². The van der Waals surface area contributed by atoms with Gasteiger partial charge in [0.2, 0.25) is 0 Å². The van der Waals surface area contributed by atoms with E-state index >= 15 is 0 Å². The summed E-state index contributed by atoms with van der Waals surface area (Å²) in [5.74, 6) is -1.24. The fraction of sp³-hybridized carbons (Fsp3) is 0.714. The maximum absolute atomic E-state index is 10.9. The summed E-state index contributed by atoms with van der Waals surface area (Å²) in [5, 5.41) is 18.1. The maximum Gasteiger partial charge on any atom is 0.337 e. The van der Waals surface area contributed by atoms with Crippen LogP contribution in [0.5, 0.6) is 0 Å². The number of aliphatic hydroxyl groups is 2. The molecular weight excluding hydrogens is 280 g/mol. The average Bonchev–Trinajstić information content (AvgIpc) is 3.15. The molecule has 0 spiro atoms. The van der Waals surface area contributed by atoms with Crippen molar-refractivity contribution in [3.63, 3.8) is 0 Å². The van der Waals surface area contributed by atoms with Gasteiger partial charge in [-0.3, -0.25) is 0 Å². The lowest BCUT2D eigenvalue weighted by atomic mass is 10.1.